The third kappa shape index (κ3) is 5.56. The Kier molecular flexibility index (Phi) is 7.10. The summed E-state index contributed by atoms with van der Waals surface area (Å²) < 4.78 is 5.61. The molecule has 1 aliphatic carbocycles. The number of carbonyl (C=O) groups is 1. The Labute approximate surface area is 138 Å². The average Bonchev–Trinajstić information content (AvgIpc) is 2.51. The molecule has 1 fully saturated rings. The Bertz CT molecular complexity index is 470. The molecule has 0 aromatic heterocycles. The molecule has 1 saturated carbocycles. The van der Waals surface area contributed by atoms with Gasteiger partial charge in [0.1, 0.15) is 5.75 Å². The zero-order valence-corrected chi connectivity index (χ0v) is 14.5. The van der Waals surface area contributed by atoms with Crippen LogP contribution in [0.15, 0.2) is 24.3 Å². The summed E-state index contributed by atoms with van der Waals surface area (Å²) in [5.74, 6) is 3.24. The van der Waals surface area contributed by atoms with Crippen LogP contribution in [-0.4, -0.2) is 24.3 Å². The summed E-state index contributed by atoms with van der Waals surface area (Å²) in [5, 5.41) is 3.17. The molecule has 3 nitrogen and oxygen atoms in total. The maximum Gasteiger partial charge on any atom is 0.230 e. The third-order valence-electron chi connectivity index (χ3n) is 4.14. The van der Waals surface area contributed by atoms with E-state index in [1.54, 1.807) is 11.8 Å². The lowest BCUT2D eigenvalue weighted by atomic mass is 9.87. The van der Waals surface area contributed by atoms with Gasteiger partial charge in [-0.1, -0.05) is 25.1 Å². The predicted octanol–water partition coefficient (Wildman–Crippen LogP) is 4.01. The minimum absolute atomic E-state index is 0.165. The van der Waals surface area contributed by atoms with E-state index in [-0.39, 0.29) is 5.91 Å². The molecule has 4 heteroatoms. The van der Waals surface area contributed by atoms with Crippen LogP contribution in [0.2, 0.25) is 0 Å². The van der Waals surface area contributed by atoms with Crippen LogP contribution in [0.5, 0.6) is 5.75 Å². The van der Waals surface area contributed by atoms with Crippen molar-refractivity contribution < 1.29 is 9.53 Å². The SMILES string of the molecule is CCOc1ccccc1CSCC(=O)NC1CCC(C)CC1. The fraction of sp³-hybridized carbons (Fsp3) is 0.611. The Hall–Kier alpha value is -1.16. The number of nitrogens with one attached hydrogen (secondary N) is 1. The van der Waals surface area contributed by atoms with Crippen LogP contribution < -0.4 is 10.1 Å². The summed E-state index contributed by atoms with van der Waals surface area (Å²) >= 11 is 1.65. The molecule has 0 aliphatic heterocycles. The van der Waals surface area contributed by atoms with Gasteiger partial charge >= 0.3 is 0 Å². The lowest BCUT2D eigenvalue weighted by Gasteiger charge is -2.26. The molecule has 1 aliphatic rings. The normalized spacial score (nSPS) is 21.4. The van der Waals surface area contributed by atoms with Crippen LogP contribution in [0, 0.1) is 5.92 Å². The van der Waals surface area contributed by atoms with Crippen molar-refractivity contribution in [3.05, 3.63) is 29.8 Å². The van der Waals surface area contributed by atoms with Gasteiger partial charge in [-0.05, 0) is 44.6 Å². The van der Waals surface area contributed by atoms with E-state index < -0.39 is 0 Å². The maximum absolute atomic E-state index is 12.0. The molecule has 1 aromatic rings. The third-order valence-corrected chi connectivity index (χ3v) is 5.13. The largest absolute Gasteiger partial charge is 0.494 e. The van der Waals surface area contributed by atoms with Crippen molar-refractivity contribution >= 4 is 17.7 Å². The Morgan fingerprint density at radius 2 is 2.00 bits per heavy atom. The van der Waals surface area contributed by atoms with E-state index in [1.165, 1.54) is 12.8 Å². The second-order valence-electron chi connectivity index (χ2n) is 6.06. The van der Waals surface area contributed by atoms with Crippen molar-refractivity contribution in [1.29, 1.82) is 0 Å². The van der Waals surface area contributed by atoms with Gasteiger partial charge in [0.05, 0.1) is 12.4 Å². The summed E-state index contributed by atoms with van der Waals surface area (Å²) in [6.07, 6.45) is 4.73. The van der Waals surface area contributed by atoms with Gasteiger partial charge in [0.25, 0.3) is 0 Å². The fourth-order valence-electron chi connectivity index (χ4n) is 2.85. The minimum Gasteiger partial charge on any atom is -0.494 e. The molecule has 1 aromatic carbocycles. The smallest absolute Gasteiger partial charge is 0.230 e. The van der Waals surface area contributed by atoms with E-state index in [0.29, 0.717) is 18.4 Å². The Morgan fingerprint density at radius 1 is 1.27 bits per heavy atom. The van der Waals surface area contributed by atoms with Crippen LogP contribution in [0.3, 0.4) is 0 Å². The van der Waals surface area contributed by atoms with Gasteiger partial charge < -0.3 is 10.1 Å². The molecule has 0 saturated heterocycles. The number of hydrogen-bond acceptors (Lipinski definition) is 3. The first kappa shape index (κ1) is 17.2. The zero-order valence-electron chi connectivity index (χ0n) is 13.6. The monoisotopic (exact) mass is 321 g/mol. The van der Waals surface area contributed by atoms with E-state index in [2.05, 4.69) is 18.3 Å². The van der Waals surface area contributed by atoms with Gasteiger partial charge in [-0.2, -0.15) is 0 Å². The lowest BCUT2D eigenvalue weighted by molar-refractivity contribution is -0.119. The highest BCUT2D eigenvalue weighted by molar-refractivity contribution is 7.99. The summed E-state index contributed by atoms with van der Waals surface area (Å²) in [4.78, 5) is 12.0. The molecular formula is C18H27NO2S. The standard InChI is InChI=1S/C18H27NO2S/c1-3-21-17-7-5-4-6-15(17)12-22-13-18(20)19-16-10-8-14(2)9-11-16/h4-7,14,16H,3,8-13H2,1-2H3,(H,19,20). The zero-order chi connectivity index (χ0) is 15.8. The van der Waals surface area contributed by atoms with E-state index >= 15 is 0 Å². The average molecular weight is 321 g/mol. The van der Waals surface area contributed by atoms with Crippen LogP contribution >= 0.6 is 11.8 Å². The first-order chi connectivity index (χ1) is 10.7. The van der Waals surface area contributed by atoms with E-state index in [0.717, 1.165) is 35.8 Å². The molecule has 22 heavy (non-hydrogen) atoms. The molecule has 0 spiro atoms. The molecule has 0 radical (unpaired) electrons. The summed E-state index contributed by atoms with van der Waals surface area (Å²) in [6, 6.07) is 8.44. The molecule has 1 N–H and O–H groups in total. The number of ether oxygens (including phenoxy) is 1. The van der Waals surface area contributed by atoms with E-state index in [1.807, 2.05) is 25.1 Å². The quantitative estimate of drug-likeness (QED) is 0.824. The van der Waals surface area contributed by atoms with Crippen molar-refractivity contribution in [1.82, 2.24) is 5.32 Å². The molecular weight excluding hydrogens is 294 g/mol. The van der Waals surface area contributed by atoms with Crippen molar-refractivity contribution in [2.45, 2.75) is 51.3 Å². The van der Waals surface area contributed by atoms with E-state index in [9.17, 15) is 4.79 Å². The van der Waals surface area contributed by atoms with Gasteiger partial charge in [0, 0.05) is 17.4 Å². The predicted molar refractivity (Wildman–Crippen MR) is 93.3 cm³/mol. The number of thioether (sulfide) groups is 1. The van der Waals surface area contributed by atoms with E-state index in [4.69, 9.17) is 4.74 Å². The van der Waals surface area contributed by atoms with Crippen molar-refractivity contribution in [3.63, 3.8) is 0 Å². The van der Waals surface area contributed by atoms with Crippen LogP contribution in [0.1, 0.15) is 45.1 Å². The van der Waals surface area contributed by atoms with Gasteiger partial charge in [0.2, 0.25) is 5.91 Å². The molecule has 0 unspecified atom stereocenters. The first-order valence-electron chi connectivity index (χ1n) is 8.26. The number of para-hydroxylation sites is 1. The number of hydrogen-bond donors (Lipinski definition) is 1. The van der Waals surface area contributed by atoms with Gasteiger partial charge in [-0.15, -0.1) is 11.8 Å². The van der Waals surface area contributed by atoms with Crippen LogP contribution in [0.25, 0.3) is 0 Å². The van der Waals surface area contributed by atoms with Crippen molar-refractivity contribution in [3.8, 4) is 5.75 Å². The van der Waals surface area contributed by atoms with Crippen LogP contribution in [0.4, 0.5) is 0 Å². The van der Waals surface area contributed by atoms with Crippen LogP contribution in [-0.2, 0) is 10.5 Å². The second kappa shape index (κ2) is 9.09. The van der Waals surface area contributed by atoms with Crippen molar-refractivity contribution in [2.75, 3.05) is 12.4 Å². The lowest BCUT2D eigenvalue weighted by Crippen LogP contribution is -2.38. The second-order valence-corrected chi connectivity index (χ2v) is 7.04. The topological polar surface area (TPSA) is 38.3 Å². The summed E-state index contributed by atoms with van der Waals surface area (Å²) in [7, 11) is 0. The molecule has 1 amide bonds. The fourth-order valence-corrected chi connectivity index (χ4v) is 3.68. The first-order valence-corrected chi connectivity index (χ1v) is 9.42. The van der Waals surface area contributed by atoms with Gasteiger partial charge in [0.15, 0.2) is 0 Å². The minimum atomic E-state index is 0.165. The highest BCUT2D eigenvalue weighted by Crippen LogP contribution is 2.25. The number of benzene rings is 1. The highest BCUT2D eigenvalue weighted by Gasteiger charge is 2.19. The number of rotatable bonds is 7. The molecule has 0 heterocycles. The molecule has 0 bridgehead atoms. The Balaban J connectivity index is 1.71. The number of amides is 1. The molecule has 2 rings (SSSR count). The summed E-state index contributed by atoms with van der Waals surface area (Å²) in [5.41, 5.74) is 1.16. The maximum atomic E-state index is 12.0. The molecule has 0 atom stereocenters. The summed E-state index contributed by atoms with van der Waals surface area (Å²) in [6.45, 7) is 4.95. The Morgan fingerprint density at radius 3 is 2.73 bits per heavy atom. The highest BCUT2D eigenvalue weighted by atomic mass is 32.2. The van der Waals surface area contributed by atoms with Gasteiger partial charge in [-0.25, -0.2) is 0 Å². The number of carbonyl (C=O) groups excluding carboxylic acids is 1. The van der Waals surface area contributed by atoms with Gasteiger partial charge in [-0.3, -0.25) is 4.79 Å². The molecule has 122 valence electrons. The van der Waals surface area contributed by atoms with Crippen molar-refractivity contribution in [2.24, 2.45) is 5.92 Å².